The van der Waals surface area contributed by atoms with E-state index in [9.17, 15) is 4.79 Å². The van der Waals surface area contributed by atoms with E-state index in [1.165, 1.54) is 5.56 Å². The minimum atomic E-state index is -0.650. The monoisotopic (exact) mass is 303 g/mol. The highest BCUT2D eigenvalue weighted by Gasteiger charge is 2.46. The zero-order valence-corrected chi connectivity index (χ0v) is 13.5. The van der Waals surface area contributed by atoms with E-state index in [1.54, 1.807) is 7.11 Å². The third-order valence-electron chi connectivity index (χ3n) is 5.07. The zero-order chi connectivity index (χ0) is 15.6. The molecule has 1 heterocycles. The van der Waals surface area contributed by atoms with Gasteiger partial charge in [-0.3, -0.25) is 4.79 Å². The second-order valence-electron chi connectivity index (χ2n) is 6.73. The maximum Gasteiger partial charge on any atom is 0.251 e. The Kier molecular flexibility index (Phi) is 4.13. The number of hydrogen-bond donors (Lipinski definition) is 1. The summed E-state index contributed by atoms with van der Waals surface area (Å²) in [5.41, 5.74) is 0.680. The van der Waals surface area contributed by atoms with E-state index < -0.39 is 5.60 Å². The molecule has 1 aromatic carbocycles. The molecule has 1 saturated carbocycles. The van der Waals surface area contributed by atoms with Gasteiger partial charge in [0, 0.05) is 18.6 Å². The van der Waals surface area contributed by atoms with Crippen molar-refractivity contribution in [2.24, 2.45) is 0 Å². The van der Waals surface area contributed by atoms with Crippen molar-refractivity contribution in [3.63, 3.8) is 0 Å². The summed E-state index contributed by atoms with van der Waals surface area (Å²) >= 11 is 0. The summed E-state index contributed by atoms with van der Waals surface area (Å²) in [6, 6.07) is 8.18. The third-order valence-corrected chi connectivity index (χ3v) is 5.07. The molecule has 0 bridgehead atoms. The molecule has 1 aliphatic heterocycles. The van der Waals surface area contributed by atoms with Crippen molar-refractivity contribution in [3.05, 3.63) is 29.8 Å². The summed E-state index contributed by atoms with van der Waals surface area (Å²) in [6.45, 7) is 3.27. The van der Waals surface area contributed by atoms with Crippen LogP contribution in [0.25, 0.3) is 0 Å². The Morgan fingerprint density at radius 3 is 2.77 bits per heavy atom. The fourth-order valence-electron chi connectivity index (χ4n) is 3.22. The van der Waals surface area contributed by atoms with Crippen molar-refractivity contribution in [3.8, 4) is 5.75 Å². The zero-order valence-electron chi connectivity index (χ0n) is 13.5. The highest BCUT2D eigenvalue weighted by molar-refractivity contribution is 5.85. The Morgan fingerprint density at radius 2 is 2.14 bits per heavy atom. The Balaban J connectivity index is 1.64. The lowest BCUT2D eigenvalue weighted by atomic mass is 9.93. The van der Waals surface area contributed by atoms with Crippen LogP contribution in [0.15, 0.2) is 24.3 Å². The number of benzene rings is 1. The van der Waals surface area contributed by atoms with Gasteiger partial charge in [-0.1, -0.05) is 12.1 Å². The molecule has 1 aromatic rings. The molecule has 2 fully saturated rings. The average molecular weight is 303 g/mol. The van der Waals surface area contributed by atoms with Crippen LogP contribution in [-0.4, -0.2) is 31.8 Å². The second-order valence-corrected chi connectivity index (χ2v) is 6.73. The number of carbonyl (C=O) groups excluding carboxylic acids is 1. The first-order valence-electron chi connectivity index (χ1n) is 8.15. The van der Waals surface area contributed by atoms with Gasteiger partial charge < -0.3 is 14.8 Å². The summed E-state index contributed by atoms with van der Waals surface area (Å²) in [5, 5.41) is 3.13. The summed E-state index contributed by atoms with van der Waals surface area (Å²) in [6.07, 6.45) is 5.14. The molecular formula is C18H25NO3. The van der Waals surface area contributed by atoms with Gasteiger partial charge in [-0.05, 0) is 56.7 Å². The molecule has 0 aromatic heterocycles. The lowest BCUT2D eigenvalue weighted by Gasteiger charge is -2.33. The standard InChI is InChI=1S/C18H25NO3/c1-17(8-3-4-11-22-17)16(20)19-13-18(9-10-18)14-6-5-7-15(12-14)21-2/h5-7,12H,3-4,8-11,13H2,1-2H3,(H,19,20). The van der Waals surface area contributed by atoms with Crippen molar-refractivity contribution in [2.45, 2.75) is 50.0 Å². The number of carbonyl (C=O) groups is 1. The SMILES string of the molecule is COc1cccc(C2(CNC(=O)C3(C)CCCCO3)CC2)c1. The van der Waals surface area contributed by atoms with Crippen LogP contribution in [0.5, 0.6) is 5.75 Å². The molecule has 3 rings (SSSR count). The fraction of sp³-hybridized carbons (Fsp3) is 0.611. The van der Waals surface area contributed by atoms with E-state index in [1.807, 2.05) is 19.1 Å². The molecule has 4 heteroatoms. The Bertz CT molecular complexity index is 545. The van der Waals surface area contributed by atoms with Crippen molar-refractivity contribution in [1.82, 2.24) is 5.32 Å². The number of ether oxygens (including phenoxy) is 2. The lowest BCUT2D eigenvalue weighted by molar-refractivity contribution is -0.150. The molecule has 0 radical (unpaired) electrons. The van der Waals surface area contributed by atoms with Crippen LogP contribution >= 0.6 is 0 Å². The van der Waals surface area contributed by atoms with Crippen molar-refractivity contribution < 1.29 is 14.3 Å². The van der Waals surface area contributed by atoms with E-state index in [0.717, 1.165) is 37.9 Å². The molecule has 0 spiro atoms. The van der Waals surface area contributed by atoms with Gasteiger partial charge >= 0.3 is 0 Å². The first kappa shape index (κ1) is 15.3. The highest BCUT2D eigenvalue weighted by Crippen LogP contribution is 2.48. The van der Waals surface area contributed by atoms with E-state index in [0.29, 0.717) is 13.2 Å². The Morgan fingerprint density at radius 1 is 1.32 bits per heavy atom. The summed E-state index contributed by atoms with van der Waals surface area (Å²) in [5.74, 6) is 0.902. The van der Waals surface area contributed by atoms with Crippen LogP contribution < -0.4 is 10.1 Å². The van der Waals surface area contributed by atoms with Gasteiger partial charge in [0.25, 0.3) is 5.91 Å². The molecule has 2 aliphatic rings. The maximum absolute atomic E-state index is 12.5. The topological polar surface area (TPSA) is 47.6 Å². The van der Waals surface area contributed by atoms with Gasteiger partial charge in [0.05, 0.1) is 7.11 Å². The Labute approximate surface area is 132 Å². The van der Waals surface area contributed by atoms with E-state index in [4.69, 9.17) is 9.47 Å². The molecule has 1 atom stereocenters. The first-order chi connectivity index (χ1) is 10.6. The molecule has 22 heavy (non-hydrogen) atoms. The van der Waals surface area contributed by atoms with Crippen LogP contribution in [-0.2, 0) is 14.9 Å². The normalized spacial score (nSPS) is 26.3. The van der Waals surface area contributed by atoms with Gasteiger partial charge in [0.15, 0.2) is 0 Å². The smallest absolute Gasteiger partial charge is 0.251 e. The molecule has 1 N–H and O–H groups in total. The summed E-state index contributed by atoms with van der Waals surface area (Å²) in [7, 11) is 1.68. The van der Waals surface area contributed by atoms with Gasteiger partial charge in [0.1, 0.15) is 11.4 Å². The van der Waals surface area contributed by atoms with E-state index >= 15 is 0 Å². The number of rotatable bonds is 5. The van der Waals surface area contributed by atoms with Crippen molar-refractivity contribution in [2.75, 3.05) is 20.3 Å². The molecule has 4 nitrogen and oxygen atoms in total. The van der Waals surface area contributed by atoms with Gasteiger partial charge in [-0.25, -0.2) is 0 Å². The van der Waals surface area contributed by atoms with Crippen molar-refractivity contribution in [1.29, 1.82) is 0 Å². The van der Waals surface area contributed by atoms with Gasteiger partial charge in [0.2, 0.25) is 0 Å². The quantitative estimate of drug-likeness (QED) is 0.910. The van der Waals surface area contributed by atoms with Gasteiger partial charge in [-0.15, -0.1) is 0 Å². The number of methoxy groups -OCH3 is 1. The first-order valence-corrected chi connectivity index (χ1v) is 8.15. The highest BCUT2D eigenvalue weighted by atomic mass is 16.5. The number of nitrogens with one attached hydrogen (secondary N) is 1. The van der Waals surface area contributed by atoms with Crippen molar-refractivity contribution >= 4 is 5.91 Å². The second kappa shape index (κ2) is 5.92. The van der Waals surface area contributed by atoms with Crippen LogP contribution in [0, 0.1) is 0 Å². The number of amides is 1. The third kappa shape index (κ3) is 2.98. The molecule has 120 valence electrons. The molecule has 1 saturated heterocycles. The van der Waals surface area contributed by atoms with Crippen LogP contribution in [0.1, 0.15) is 44.6 Å². The summed E-state index contributed by atoms with van der Waals surface area (Å²) < 4.78 is 11.0. The Hall–Kier alpha value is -1.55. The molecule has 1 unspecified atom stereocenters. The average Bonchev–Trinajstić information content (AvgIpc) is 3.34. The minimum absolute atomic E-state index is 0.0290. The van der Waals surface area contributed by atoms with Crippen LogP contribution in [0.2, 0.25) is 0 Å². The van der Waals surface area contributed by atoms with Gasteiger partial charge in [-0.2, -0.15) is 0 Å². The largest absolute Gasteiger partial charge is 0.497 e. The fourth-order valence-corrected chi connectivity index (χ4v) is 3.22. The number of hydrogen-bond acceptors (Lipinski definition) is 3. The minimum Gasteiger partial charge on any atom is -0.497 e. The van der Waals surface area contributed by atoms with E-state index in [-0.39, 0.29) is 11.3 Å². The predicted molar refractivity (Wildman–Crippen MR) is 85.1 cm³/mol. The lowest BCUT2D eigenvalue weighted by Crippen LogP contribution is -2.50. The van der Waals surface area contributed by atoms with E-state index in [2.05, 4.69) is 17.4 Å². The molecule has 1 aliphatic carbocycles. The maximum atomic E-state index is 12.5. The molecular weight excluding hydrogens is 278 g/mol. The van der Waals surface area contributed by atoms with Crippen LogP contribution in [0.4, 0.5) is 0 Å². The predicted octanol–water partition coefficient (Wildman–Crippen LogP) is 2.80. The molecule has 1 amide bonds. The van der Waals surface area contributed by atoms with Crippen LogP contribution in [0.3, 0.4) is 0 Å². The summed E-state index contributed by atoms with van der Waals surface area (Å²) in [4.78, 5) is 12.5.